The van der Waals surface area contributed by atoms with E-state index in [1.54, 1.807) is 0 Å². The summed E-state index contributed by atoms with van der Waals surface area (Å²) in [6.45, 7) is 0. The molecule has 0 atom stereocenters. The van der Waals surface area contributed by atoms with E-state index in [0.717, 1.165) is 55.2 Å². The molecular formula is C54H36N2. The Kier molecular flexibility index (Phi) is 8.55. The van der Waals surface area contributed by atoms with Crippen molar-refractivity contribution in [2.45, 2.75) is 0 Å². The molecule has 0 radical (unpaired) electrons. The number of hydrogen-bond acceptors (Lipinski definition) is 2. The van der Waals surface area contributed by atoms with Crippen LogP contribution in [-0.4, -0.2) is 9.97 Å². The lowest BCUT2D eigenvalue weighted by atomic mass is 9.94. The fourth-order valence-corrected chi connectivity index (χ4v) is 7.77. The fourth-order valence-electron chi connectivity index (χ4n) is 7.77. The number of fused-ring (bicyclic) bond motifs is 3. The maximum Gasteiger partial charge on any atom is 0.160 e. The van der Waals surface area contributed by atoms with Crippen LogP contribution < -0.4 is 0 Å². The van der Waals surface area contributed by atoms with Gasteiger partial charge in [-0.1, -0.05) is 188 Å². The molecule has 1 heterocycles. The Labute approximate surface area is 327 Å². The smallest absolute Gasteiger partial charge is 0.160 e. The molecule has 10 rings (SSSR count). The Morgan fingerprint density at radius 3 is 1.16 bits per heavy atom. The first-order valence-electron chi connectivity index (χ1n) is 19.1. The van der Waals surface area contributed by atoms with E-state index in [0.29, 0.717) is 5.82 Å². The zero-order valence-corrected chi connectivity index (χ0v) is 30.7. The van der Waals surface area contributed by atoms with E-state index in [-0.39, 0.29) is 0 Å². The number of aromatic nitrogens is 2. The Morgan fingerprint density at radius 1 is 0.232 bits per heavy atom. The van der Waals surface area contributed by atoms with Gasteiger partial charge < -0.3 is 0 Å². The van der Waals surface area contributed by atoms with E-state index >= 15 is 0 Å². The van der Waals surface area contributed by atoms with Crippen LogP contribution in [0.5, 0.6) is 0 Å². The van der Waals surface area contributed by atoms with E-state index in [1.165, 1.54) is 38.9 Å². The van der Waals surface area contributed by atoms with Crippen LogP contribution >= 0.6 is 0 Å². The Hall–Kier alpha value is -7.42. The summed E-state index contributed by atoms with van der Waals surface area (Å²) < 4.78 is 0. The molecule has 0 fully saturated rings. The van der Waals surface area contributed by atoms with Gasteiger partial charge in [0.25, 0.3) is 0 Å². The normalized spacial score (nSPS) is 11.2. The molecule has 0 spiro atoms. The van der Waals surface area contributed by atoms with Gasteiger partial charge in [0.15, 0.2) is 5.82 Å². The topological polar surface area (TPSA) is 25.8 Å². The lowest BCUT2D eigenvalue weighted by Crippen LogP contribution is -1.96. The second kappa shape index (κ2) is 14.4. The summed E-state index contributed by atoms with van der Waals surface area (Å²) in [7, 11) is 0. The molecule has 0 saturated heterocycles. The molecule has 0 saturated carbocycles. The van der Waals surface area contributed by atoms with Crippen molar-refractivity contribution in [2.24, 2.45) is 0 Å². The molecule has 0 bridgehead atoms. The standard InChI is InChI=1S/C54H36N2/c1-3-13-37(14-4-1)42-18-9-21-45(33-42)47-23-11-24-48(35-47)46-22-10-19-43(34-46)39-27-29-41(30-28-39)54-55-52(49-25-12-20-44(36-49)38-15-5-2-6-16-38)51-32-31-40-17-7-8-26-50(40)53(51)56-54/h1-36H. The van der Waals surface area contributed by atoms with Gasteiger partial charge in [-0.25, -0.2) is 9.97 Å². The zero-order chi connectivity index (χ0) is 37.3. The molecule has 10 aromatic rings. The Balaban J connectivity index is 0.999. The highest BCUT2D eigenvalue weighted by Gasteiger charge is 2.15. The minimum absolute atomic E-state index is 0.711. The van der Waals surface area contributed by atoms with Crippen molar-refractivity contribution in [3.8, 4) is 78.3 Å². The lowest BCUT2D eigenvalue weighted by Gasteiger charge is -2.13. The van der Waals surface area contributed by atoms with E-state index in [4.69, 9.17) is 9.97 Å². The molecule has 0 aliphatic rings. The van der Waals surface area contributed by atoms with Crippen LogP contribution in [0.15, 0.2) is 218 Å². The molecule has 0 unspecified atom stereocenters. The van der Waals surface area contributed by atoms with Gasteiger partial charge in [0.2, 0.25) is 0 Å². The van der Waals surface area contributed by atoms with Gasteiger partial charge in [0.05, 0.1) is 11.2 Å². The summed E-state index contributed by atoms with van der Waals surface area (Å²) >= 11 is 0. The maximum atomic E-state index is 5.28. The Morgan fingerprint density at radius 2 is 0.625 bits per heavy atom. The summed E-state index contributed by atoms with van der Waals surface area (Å²) in [5.41, 5.74) is 15.8. The first-order valence-corrected chi connectivity index (χ1v) is 19.1. The van der Waals surface area contributed by atoms with Crippen LogP contribution in [0.4, 0.5) is 0 Å². The molecule has 0 amide bonds. The van der Waals surface area contributed by atoms with Gasteiger partial charge in [-0.15, -0.1) is 0 Å². The van der Waals surface area contributed by atoms with Gasteiger partial charge >= 0.3 is 0 Å². The van der Waals surface area contributed by atoms with Crippen molar-refractivity contribution >= 4 is 21.7 Å². The third kappa shape index (κ3) is 6.44. The van der Waals surface area contributed by atoms with Gasteiger partial charge in [-0.05, 0) is 91.4 Å². The van der Waals surface area contributed by atoms with Crippen molar-refractivity contribution in [1.29, 1.82) is 0 Å². The average Bonchev–Trinajstić information content (AvgIpc) is 3.29. The van der Waals surface area contributed by atoms with Gasteiger partial charge in [-0.2, -0.15) is 0 Å². The highest BCUT2D eigenvalue weighted by atomic mass is 14.9. The van der Waals surface area contributed by atoms with Crippen LogP contribution in [0.3, 0.4) is 0 Å². The molecule has 56 heavy (non-hydrogen) atoms. The Bertz CT molecular complexity index is 3000. The second-order valence-corrected chi connectivity index (χ2v) is 14.2. The zero-order valence-electron chi connectivity index (χ0n) is 30.7. The fraction of sp³-hybridized carbons (Fsp3) is 0. The predicted octanol–water partition coefficient (Wildman–Crippen LogP) is 14.5. The maximum absolute atomic E-state index is 5.28. The molecule has 2 nitrogen and oxygen atoms in total. The highest BCUT2D eigenvalue weighted by Crippen LogP contribution is 2.36. The van der Waals surface area contributed by atoms with E-state index in [2.05, 4.69) is 218 Å². The van der Waals surface area contributed by atoms with Gasteiger partial charge in [0.1, 0.15) is 0 Å². The molecule has 0 N–H and O–H groups in total. The predicted molar refractivity (Wildman–Crippen MR) is 235 cm³/mol. The van der Waals surface area contributed by atoms with E-state index in [1.807, 2.05) is 0 Å². The number of benzene rings is 9. The largest absolute Gasteiger partial charge is 0.227 e. The van der Waals surface area contributed by atoms with Crippen molar-refractivity contribution in [3.63, 3.8) is 0 Å². The number of hydrogen-bond donors (Lipinski definition) is 0. The SMILES string of the molecule is c1ccc(-c2cccc(-c3cccc(-c4cccc(-c5ccc(-c6nc(-c7cccc(-c8ccccc8)c7)c7ccc8ccccc8c7n6)cc5)c4)c3)c2)cc1. The molecule has 262 valence electrons. The summed E-state index contributed by atoms with van der Waals surface area (Å²) in [5.74, 6) is 0.711. The first kappa shape index (κ1) is 33.2. The minimum atomic E-state index is 0.711. The summed E-state index contributed by atoms with van der Waals surface area (Å²) in [6, 6.07) is 77.7. The van der Waals surface area contributed by atoms with Crippen LogP contribution in [0, 0.1) is 0 Å². The first-order chi connectivity index (χ1) is 27.7. The summed E-state index contributed by atoms with van der Waals surface area (Å²) in [4.78, 5) is 10.5. The molecule has 0 aliphatic heterocycles. The third-order valence-electron chi connectivity index (χ3n) is 10.7. The monoisotopic (exact) mass is 712 g/mol. The van der Waals surface area contributed by atoms with Gasteiger partial charge in [0, 0.05) is 21.9 Å². The van der Waals surface area contributed by atoms with Crippen molar-refractivity contribution < 1.29 is 0 Å². The van der Waals surface area contributed by atoms with Crippen LogP contribution in [0.1, 0.15) is 0 Å². The van der Waals surface area contributed by atoms with Crippen molar-refractivity contribution in [2.75, 3.05) is 0 Å². The lowest BCUT2D eigenvalue weighted by molar-refractivity contribution is 1.23. The highest BCUT2D eigenvalue weighted by molar-refractivity contribution is 6.09. The van der Waals surface area contributed by atoms with Crippen molar-refractivity contribution in [3.05, 3.63) is 218 Å². The molecule has 9 aromatic carbocycles. The third-order valence-corrected chi connectivity index (χ3v) is 10.7. The van der Waals surface area contributed by atoms with E-state index < -0.39 is 0 Å². The second-order valence-electron chi connectivity index (χ2n) is 14.2. The van der Waals surface area contributed by atoms with Crippen LogP contribution in [0.2, 0.25) is 0 Å². The van der Waals surface area contributed by atoms with Crippen molar-refractivity contribution in [1.82, 2.24) is 9.97 Å². The molecule has 1 aromatic heterocycles. The quantitative estimate of drug-likeness (QED) is 0.154. The summed E-state index contributed by atoms with van der Waals surface area (Å²) in [6.07, 6.45) is 0. The molecule has 0 aliphatic carbocycles. The number of nitrogens with zero attached hydrogens (tertiary/aromatic N) is 2. The van der Waals surface area contributed by atoms with Crippen LogP contribution in [-0.2, 0) is 0 Å². The molecular weight excluding hydrogens is 677 g/mol. The minimum Gasteiger partial charge on any atom is -0.227 e. The van der Waals surface area contributed by atoms with Crippen LogP contribution in [0.25, 0.3) is 100.0 Å². The number of rotatable bonds is 7. The summed E-state index contributed by atoms with van der Waals surface area (Å²) in [5, 5.41) is 3.32. The average molecular weight is 713 g/mol. The van der Waals surface area contributed by atoms with E-state index in [9.17, 15) is 0 Å². The van der Waals surface area contributed by atoms with Gasteiger partial charge in [-0.3, -0.25) is 0 Å². The molecule has 2 heteroatoms.